The highest BCUT2D eigenvalue weighted by Gasteiger charge is 2.24. The van der Waals surface area contributed by atoms with E-state index in [-0.39, 0.29) is 5.92 Å². The Morgan fingerprint density at radius 1 is 1.44 bits per heavy atom. The summed E-state index contributed by atoms with van der Waals surface area (Å²) in [5.74, 6) is 0.629. The molecular weight excluding hydrogens is 286 g/mol. The fraction of sp³-hybridized carbons (Fsp3) is 0.583. The lowest BCUT2D eigenvalue weighted by Crippen LogP contribution is -2.30. The first-order valence-corrected chi connectivity index (χ1v) is 7.34. The molecule has 1 aliphatic rings. The molecule has 2 rings (SSSR count). The fourth-order valence-corrected chi connectivity index (χ4v) is 3.70. The van der Waals surface area contributed by atoms with Crippen LogP contribution in [0.1, 0.15) is 30.6 Å². The Hall–Kier alpha value is -0.190. The smallest absolute Gasteiger partial charge is 0.141 e. The highest BCUT2D eigenvalue weighted by molar-refractivity contribution is 9.10. The lowest BCUT2D eigenvalue weighted by atomic mass is 9.83. The van der Waals surface area contributed by atoms with Crippen molar-refractivity contribution in [3.63, 3.8) is 0 Å². The summed E-state index contributed by atoms with van der Waals surface area (Å²) in [4.78, 5) is 13.2. The van der Waals surface area contributed by atoms with Gasteiger partial charge in [0.15, 0.2) is 0 Å². The van der Waals surface area contributed by atoms with Crippen molar-refractivity contribution in [1.29, 1.82) is 0 Å². The molecule has 0 amide bonds. The predicted molar refractivity (Wildman–Crippen MR) is 70.7 cm³/mol. The minimum absolute atomic E-state index is 0.244. The number of hydrogen-bond donors (Lipinski definition) is 1. The first-order chi connectivity index (χ1) is 7.66. The van der Waals surface area contributed by atoms with Gasteiger partial charge in [-0.25, -0.2) is 0 Å². The standard InChI is InChI=1S/C12H16BrNOS/c13-10-5-6-16-12(10)7-11(15)8-1-3-9(14)4-2-8/h5-6,8-9H,1-4,7,14H2. The van der Waals surface area contributed by atoms with Gasteiger partial charge in [-0.15, -0.1) is 11.3 Å². The molecule has 1 fully saturated rings. The van der Waals surface area contributed by atoms with Gasteiger partial charge in [0.25, 0.3) is 0 Å². The maximum atomic E-state index is 12.1. The van der Waals surface area contributed by atoms with Gasteiger partial charge < -0.3 is 5.73 Å². The molecule has 2 N–H and O–H groups in total. The second kappa shape index (κ2) is 5.43. The van der Waals surface area contributed by atoms with Crippen LogP contribution in [-0.2, 0) is 11.2 Å². The highest BCUT2D eigenvalue weighted by Crippen LogP contribution is 2.28. The quantitative estimate of drug-likeness (QED) is 0.932. The first kappa shape index (κ1) is 12.3. The van der Waals surface area contributed by atoms with Crippen LogP contribution in [0.15, 0.2) is 15.9 Å². The Kier molecular flexibility index (Phi) is 4.16. The van der Waals surface area contributed by atoms with Crippen molar-refractivity contribution >= 4 is 33.0 Å². The van der Waals surface area contributed by atoms with Crippen molar-refractivity contribution in [1.82, 2.24) is 0 Å². The molecule has 0 aromatic carbocycles. The van der Waals surface area contributed by atoms with Crippen LogP contribution in [0.2, 0.25) is 0 Å². The number of Topliss-reactive ketones (excluding diaryl/α,β-unsaturated/α-hetero) is 1. The lowest BCUT2D eigenvalue weighted by molar-refractivity contribution is -0.123. The van der Waals surface area contributed by atoms with Crippen LogP contribution in [-0.4, -0.2) is 11.8 Å². The molecule has 0 atom stereocenters. The Bertz CT molecular complexity index is 369. The van der Waals surface area contributed by atoms with Gasteiger partial charge in [0.1, 0.15) is 5.78 Å². The van der Waals surface area contributed by atoms with Crippen molar-refractivity contribution < 1.29 is 4.79 Å². The molecule has 1 saturated carbocycles. The molecule has 1 aromatic heterocycles. The molecule has 0 unspecified atom stereocenters. The Balaban J connectivity index is 1.91. The molecule has 0 spiro atoms. The van der Waals surface area contributed by atoms with Crippen LogP contribution >= 0.6 is 27.3 Å². The number of hydrogen-bond acceptors (Lipinski definition) is 3. The summed E-state index contributed by atoms with van der Waals surface area (Å²) in [5, 5.41) is 2.02. The van der Waals surface area contributed by atoms with Crippen molar-refractivity contribution in [2.24, 2.45) is 11.7 Å². The largest absolute Gasteiger partial charge is 0.328 e. The Labute approximate surface area is 108 Å². The molecule has 16 heavy (non-hydrogen) atoms. The summed E-state index contributed by atoms with van der Waals surface area (Å²) in [6, 6.07) is 2.32. The Morgan fingerprint density at radius 2 is 2.12 bits per heavy atom. The van der Waals surface area contributed by atoms with Crippen LogP contribution in [0.5, 0.6) is 0 Å². The molecule has 0 radical (unpaired) electrons. The van der Waals surface area contributed by atoms with Gasteiger partial charge in [-0.1, -0.05) is 0 Å². The minimum Gasteiger partial charge on any atom is -0.328 e. The van der Waals surface area contributed by atoms with Gasteiger partial charge in [-0.3, -0.25) is 4.79 Å². The van der Waals surface area contributed by atoms with Crippen molar-refractivity contribution in [2.45, 2.75) is 38.1 Å². The van der Waals surface area contributed by atoms with E-state index in [4.69, 9.17) is 5.73 Å². The number of rotatable bonds is 3. The zero-order valence-electron chi connectivity index (χ0n) is 9.12. The molecule has 1 heterocycles. The van der Waals surface area contributed by atoms with E-state index in [2.05, 4.69) is 15.9 Å². The van der Waals surface area contributed by atoms with Gasteiger partial charge in [-0.05, 0) is 53.1 Å². The zero-order chi connectivity index (χ0) is 11.5. The van der Waals surface area contributed by atoms with E-state index in [1.807, 2.05) is 11.4 Å². The minimum atomic E-state index is 0.244. The summed E-state index contributed by atoms with van der Waals surface area (Å²) in [7, 11) is 0. The third kappa shape index (κ3) is 2.93. The number of carbonyl (C=O) groups excluding carboxylic acids is 1. The van der Waals surface area contributed by atoms with Gasteiger partial charge >= 0.3 is 0 Å². The summed E-state index contributed by atoms with van der Waals surface area (Å²) in [5.41, 5.74) is 5.84. The van der Waals surface area contributed by atoms with Crippen LogP contribution in [0.4, 0.5) is 0 Å². The third-order valence-corrected chi connectivity index (χ3v) is 5.18. The number of halogens is 1. The highest BCUT2D eigenvalue weighted by atomic mass is 79.9. The fourth-order valence-electron chi connectivity index (χ4n) is 2.19. The van der Waals surface area contributed by atoms with Crippen LogP contribution < -0.4 is 5.73 Å². The molecule has 0 aliphatic heterocycles. The van der Waals surface area contributed by atoms with Gasteiger partial charge in [0, 0.05) is 27.7 Å². The topological polar surface area (TPSA) is 43.1 Å². The molecule has 88 valence electrons. The molecular formula is C12H16BrNOS. The number of nitrogens with two attached hydrogens (primary N) is 1. The third-order valence-electron chi connectivity index (χ3n) is 3.25. The summed E-state index contributed by atoms with van der Waals surface area (Å²) in [6.07, 6.45) is 4.54. The van der Waals surface area contributed by atoms with E-state index in [1.165, 1.54) is 0 Å². The number of carbonyl (C=O) groups is 1. The van der Waals surface area contributed by atoms with Gasteiger partial charge in [0.2, 0.25) is 0 Å². The first-order valence-electron chi connectivity index (χ1n) is 5.67. The maximum absolute atomic E-state index is 12.1. The van der Waals surface area contributed by atoms with E-state index in [9.17, 15) is 4.79 Å². The molecule has 1 aromatic rings. The van der Waals surface area contributed by atoms with Crippen molar-refractivity contribution in [2.75, 3.05) is 0 Å². The molecule has 0 bridgehead atoms. The van der Waals surface area contributed by atoms with Crippen LogP contribution in [0.25, 0.3) is 0 Å². The summed E-state index contributed by atoms with van der Waals surface area (Å²) < 4.78 is 1.07. The monoisotopic (exact) mass is 301 g/mol. The van der Waals surface area contributed by atoms with E-state index >= 15 is 0 Å². The van der Waals surface area contributed by atoms with Crippen LogP contribution in [0, 0.1) is 5.92 Å². The predicted octanol–water partition coefficient (Wildman–Crippen LogP) is 3.14. The normalized spacial score (nSPS) is 25.6. The number of thiophene rings is 1. The van der Waals surface area contributed by atoms with E-state index in [1.54, 1.807) is 11.3 Å². The van der Waals surface area contributed by atoms with Crippen molar-refractivity contribution in [3.05, 3.63) is 20.8 Å². The number of ketones is 1. The van der Waals surface area contributed by atoms with Gasteiger partial charge in [0.05, 0.1) is 0 Å². The second-order valence-electron chi connectivity index (χ2n) is 4.45. The van der Waals surface area contributed by atoms with E-state index in [0.29, 0.717) is 18.2 Å². The maximum Gasteiger partial charge on any atom is 0.141 e. The molecule has 4 heteroatoms. The SMILES string of the molecule is NC1CCC(C(=O)Cc2sccc2Br)CC1. The zero-order valence-corrected chi connectivity index (χ0v) is 11.5. The molecule has 1 aliphatic carbocycles. The molecule has 2 nitrogen and oxygen atoms in total. The van der Waals surface area contributed by atoms with Gasteiger partial charge in [-0.2, -0.15) is 0 Å². The van der Waals surface area contributed by atoms with E-state index in [0.717, 1.165) is 35.0 Å². The average Bonchev–Trinajstić information content (AvgIpc) is 2.65. The van der Waals surface area contributed by atoms with Crippen LogP contribution in [0.3, 0.4) is 0 Å². The van der Waals surface area contributed by atoms with Crippen molar-refractivity contribution in [3.8, 4) is 0 Å². The van der Waals surface area contributed by atoms with E-state index < -0.39 is 0 Å². The second-order valence-corrected chi connectivity index (χ2v) is 6.30. The molecule has 0 saturated heterocycles. The Morgan fingerprint density at radius 3 is 2.69 bits per heavy atom. The lowest BCUT2D eigenvalue weighted by Gasteiger charge is -2.24. The summed E-state index contributed by atoms with van der Waals surface area (Å²) >= 11 is 5.12. The average molecular weight is 302 g/mol. The summed E-state index contributed by atoms with van der Waals surface area (Å²) in [6.45, 7) is 0.